The van der Waals surface area contributed by atoms with E-state index in [0.717, 1.165) is 5.92 Å². The molecule has 3 rings (SSSR count). The molecule has 0 aromatic heterocycles. The molecule has 1 aromatic rings. The number of benzene rings is 1. The molecule has 0 spiro atoms. The fraction of sp³-hybridized carbons (Fsp3) is 0.467. The molecule has 2 aliphatic carbocycles. The van der Waals surface area contributed by atoms with E-state index in [0.29, 0.717) is 0 Å². The van der Waals surface area contributed by atoms with E-state index in [1.54, 1.807) is 11.1 Å². The first-order chi connectivity index (χ1) is 7.43. The normalized spacial score (nSPS) is 24.8. The third-order valence-electron chi connectivity index (χ3n) is 3.95. The van der Waals surface area contributed by atoms with Crippen LogP contribution in [0.2, 0.25) is 0 Å². The number of allylic oxidation sites excluding steroid dienone is 1. The first kappa shape index (κ1) is 9.21. The number of rotatable bonds is 0. The van der Waals surface area contributed by atoms with Crippen LogP contribution < -0.4 is 0 Å². The van der Waals surface area contributed by atoms with E-state index in [1.165, 1.54) is 44.1 Å². The minimum absolute atomic E-state index is 0.895. The molecule has 1 atom stereocenters. The average molecular weight is 198 g/mol. The molecule has 0 N–H and O–H groups in total. The Balaban J connectivity index is 2.00. The summed E-state index contributed by atoms with van der Waals surface area (Å²) in [6.07, 6.45) is 10.8. The summed E-state index contributed by atoms with van der Waals surface area (Å²) in [7, 11) is 0. The van der Waals surface area contributed by atoms with Crippen molar-refractivity contribution in [3.05, 3.63) is 41.0 Å². The van der Waals surface area contributed by atoms with E-state index in [-0.39, 0.29) is 0 Å². The minimum atomic E-state index is 0.895. The summed E-state index contributed by atoms with van der Waals surface area (Å²) in [4.78, 5) is 0. The van der Waals surface area contributed by atoms with Gasteiger partial charge in [0.05, 0.1) is 0 Å². The second-order valence-corrected chi connectivity index (χ2v) is 4.90. The highest BCUT2D eigenvalue weighted by Crippen LogP contribution is 2.36. The van der Waals surface area contributed by atoms with Gasteiger partial charge in [-0.15, -0.1) is 0 Å². The van der Waals surface area contributed by atoms with Crippen molar-refractivity contribution in [2.24, 2.45) is 5.92 Å². The molecule has 1 saturated carbocycles. The maximum Gasteiger partial charge on any atom is -0.0197 e. The van der Waals surface area contributed by atoms with Gasteiger partial charge in [0.2, 0.25) is 0 Å². The molecule has 1 unspecified atom stereocenters. The van der Waals surface area contributed by atoms with Crippen molar-refractivity contribution >= 4 is 6.08 Å². The third-order valence-corrected chi connectivity index (χ3v) is 3.95. The van der Waals surface area contributed by atoms with Gasteiger partial charge < -0.3 is 0 Å². The molecule has 78 valence electrons. The predicted molar refractivity (Wildman–Crippen MR) is 64.7 cm³/mol. The topological polar surface area (TPSA) is 0 Å². The monoisotopic (exact) mass is 198 g/mol. The van der Waals surface area contributed by atoms with Gasteiger partial charge in [-0.3, -0.25) is 0 Å². The highest BCUT2D eigenvalue weighted by molar-refractivity contribution is 5.58. The molecule has 0 heteroatoms. The molecule has 0 aliphatic heterocycles. The summed E-state index contributed by atoms with van der Waals surface area (Å²) >= 11 is 0. The summed E-state index contributed by atoms with van der Waals surface area (Å²) in [5.74, 6) is 0.895. The largest absolute Gasteiger partial charge is 0.0665 e. The van der Waals surface area contributed by atoms with Gasteiger partial charge in [0.25, 0.3) is 0 Å². The lowest BCUT2D eigenvalue weighted by Gasteiger charge is -2.23. The van der Waals surface area contributed by atoms with Gasteiger partial charge in [0.1, 0.15) is 0 Å². The van der Waals surface area contributed by atoms with Crippen LogP contribution in [-0.2, 0) is 6.42 Å². The molecule has 1 fully saturated rings. The van der Waals surface area contributed by atoms with Gasteiger partial charge in [-0.05, 0) is 49.1 Å². The Bertz CT molecular complexity index is 387. The van der Waals surface area contributed by atoms with Crippen molar-refractivity contribution in [2.75, 3.05) is 0 Å². The summed E-state index contributed by atoms with van der Waals surface area (Å²) in [6.45, 7) is 0. The molecule has 0 nitrogen and oxygen atoms in total. The minimum Gasteiger partial charge on any atom is -0.0665 e. The van der Waals surface area contributed by atoms with E-state index in [2.05, 4.69) is 30.3 Å². The molecular weight excluding hydrogens is 180 g/mol. The van der Waals surface area contributed by atoms with Gasteiger partial charge in [-0.2, -0.15) is 0 Å². The van der Waals surface area contributed by atoms with Gasteiger partial charge in [-0.25, -0.2) is 0 Å². The number of hydrogen-bond acceptors (Lipinski definition) is 0. The summed E-state index contributed by atoms with van der Waals surface area (Å²) in [6, 6.07) is 8.91. The van der Waals surface area contributed by atoms with Crippen molar-refractivity contribution in [1.29, 1.82) is 0 Å². The van der Waals surface area contributed by atoms with E-state index in [1.807, 2.05) is 0 Å². The highest BCUT2D eigenvalue weighted by Gasteiger charge is 2.21. The van der Waals surface area contributed by atoms with Crippen molar-refractivity contribution in [2.45, 2.75) is 38.5 Å². The Hall–Kier alpha value is -1.04. The molecule has 0 amide bonds. The lowest BCUT2D eigenvalue weighted by atomic mass is 9.82. The molecule has 0 heterocycles. The zero-order valence-corrected chi connectivity index (χ0v) is 9.21. The summed E-state index contributed by atoms with van der Waals surface area (Å²) in [5.41, 5.74) is 4.77. The predicted octanol–water partition coefficient (Wildman–Crippen LogP) is 4.21. The van der Waals surface area contributed by atoms with Gasteiger partial charge in [-0.1, -0.05) is 42.3 Å². The average Bonchev–Trinajstić information content (AvgIpc) is 2.48. The van der Waals surface area contributed by atoms with Crippen LogP contribution in [0.5, 0.6) is 0 Å². The van der Waals surface area contributed by atoms with Gasteiger partial charge in [0, 0.05) is 0 Å². The van der Waals surface area contributed by atoms with Crippen molar-refractivity contribution < 1.29 is 0 Å². The van der Waals surface area contributed by atoms with Crippen LogP contribution in [0.4, 0.5) is 0 Å². The summed E-state index contributed by atoms with van der Waals surface area (Å²) in [5, 5.41) is 0. The Kier molecular flexibility index (Phi) is 2.36. The van der Waals surface area contributed by atoms with Crippen molar-refractivity contribution in [1.82, 2.24) is 0 Å². The molecular formula is C15H18. The van der Waals surface area contributed by atoms with E-state index < -0.39 is 0 Å². The fourth-order valence-electron chi connectivity index (χ4n) is 3.06. The van der Waals surface area contributed by atoms with Crippen LogP contribution in [0.3, 0.4) is 0 Å². The molecule has 1 aromatic carbocycles. The molecule has 0 radical (unpaired) electrons. The standard InChI is InChI=1S/C15H18/c1-3-7-14-11-15-8-4-2-6-13(15)10-9-12(14)5-1/h1,3,5,7,11,13H,2,4,6,8-10H2. The first-order valence-electron chi connectivity index (χ1n) is 6.22. The fourth-order valence-corrected chi connectivity index (χ4v) is 3.06. The van der Waals surface area contributed by atoms with Crippen LogP contribution in [-0.4, -0.2) is 0 Å². The van der Waals surface area contributed by atoms with Crippen LogP contribution in [0.15, 0.2) is 29.8 Å². The second-order valence-electron chi connectivity index (χ2n) is 4.90. The molecule has 0 saturated heterocycles. The Morgan fingerprint density at radius 2 is 1.87 bits per heavy atom. The SMILES string of the molecule is C1=C2CCCCC2CCc2ccccc21. The molecule has 15 heavy (non-hydrogen) atoms. The van der Waals surface area contributed by atoms with Crippen molar-refractivity contribution in [3.8, 4) is 0 Å². The van der Waals surface area contributed by atoms with Crippen LogP contribution >= 0.6 is 0 Å². The third kappa shape index (κ3) is 1.73. The highest BCUT2D eigenvalue weighted by atomic mass is 14.3. The lowest BCUT2D eigenvalue weighted by Crippen LogP contribution is -2.09. The van der Waals surface area contributed by atoms with Crippen LogP contribution in [0.25, 0.3) is 6.08 Å². The maximum absolute atomic E-state index is 2.48. The molecule has 2 aliphatic rings. The Labute approximate surface area is 92.0 Å². The second kappa shape index (κ2) is 3.84. The van der Waals surface area contributed by atoms with Gasteiger partial charge >= 0.3 is 0 Å². The smallest absolute Gasteiger partial charge is 0.0197 e. The zero-order chi connectivity index (χ0) is 10.1. The van der Waals surface area contributed by atoms with Crippen LogP contribution in [0.1, 0.15) is 43.2 Å². The van der Waals surface area contributed by atoms with Gasteiger partial charge in [0.15, 0.2) is 0 Å². The van der Waals surface area contributed by atoms with E-state index >= 15 is 0 Å². The lowest BCUT2D eigenvalue weighted by molar-refractivity contribution is 0.434. The van der Waals surface area contributed by atoms with E-state index in [9.17, 15) is 0 Å². The zero-order valence-electron chi connectivity index (χ0n) is 9.21. The Morgan fingerprint density at radius 3 is 2.87 bits per heavy atom. The maximum atomic E-state index is 2.48. The first-order valence-corrected chi connectivity index (χ1v) is 6.22. The van der Waals surface area contributed by atoms with Crippen molar-refractivity contribution in [3.63, 3.8) is 0 Å². The molecule has 0 bridgehead atoms. The Morgan fingerprint density at radius 1 is 0.933 bits per heavy atom. The summed E-state index contributed by atoms with van der Waals surface area (Å²) < 4.78 is 0. The number of fused-ring (bicyclic) bond motifs is 2. The quantitative estimate of drug-likeness (QED) is 0.586. The number of hydrogen-bond donors (Lipinski definition) is 0. The van der Waals surface area contributed by atoms with E-state index in [4.69, 9.17) is 0 Å². The number of aryl methyl sites for hydroxylation is 1. The van der Waals surface area contributed by atoms with Crippen LogP contribution in [0, 0.1) is 5.92 Å².